The normalized spacial score (nSPS) is 15.2. The molecule has 0 radical (unpaired) electrons. The number of aryl methyl sites for hydroxylation is 1. The molecule has 1 unspecified atom stereocenters. The number of benzene rings is 3. The van der Waals surface area contributed by atoms with E-state index in [0.717, 1.165) is 57.3 Å². The summed E-state index contributed by atoms with van der Waals surface area (Å²) in [5, 5.41) is 4.34. The summed E-state index contributed by atoms with van der Waals surface area (Å²) in [6.45, 7) is 1.13. The van der Waals surface area contributed by atoms with Gasteiger partial charge in [0.2, 0.25) is 0 Å². The first-order chi connectivity index (χ1) is 17.6. The van der Waals surface area contributed by atoms with E-state index < -0.39 is 0 Å². The highest BCUT2D eigenvalue weighted by atomic mass is 32.1. The van der Waals surface area contributed by atoms with Gasteiger partial charge in [0.25, 0.3) is 5.56 Å². The van der Waals surface area contributed by atoms with Crippen LogP contribution in [0.25, 0.3) is 21.3 Å². The average molecular weight is 496 g/mol. The van der Waals surface area contributed by atoms with Gasteiger partial charge in [0.05, 0.1) is 18.3 Å². The predicted molar refractivity (Wildman–Crippen MR) is 144 cm³/mol. The third kappa shape index (κ3) is 4.62. The van der Waals surface area contributed by atoms with E-state index >= 15 is 0 Å². The lowest BCUT2D eigenvalue weighted by molar-refractivity contribution is 0.462. The number of rotatable bonds is 6. The van der Waals surface area contributed by atoms with E-state index in [1.165, 1.54) is 10.9 Å². The van der Waals surface area contributed by atoms with Crippen molar-refractivity contribution in [1.29, 1.82) is 0 Å². The Morgan fingerprint density at radius 3 is 2.64 bits per heavy atom. The zero-order chi connectivity index (χ0) is 24.5. The summed E-state index contributed by atoms with van der Waals surface area (Å²) >= 11 is 1.63. The Labute approximate surface area is 213 Å². The molecule has 0 spiro atoms. The Kier molecular flexibility index (Phi) is 6.21. The fourth-order valence-electron chi connectivity index (χ4n) is 5.07. The van der Waals surface area contributed by atoms with Crippen LogP contribution in [0.1, 0.15) is 28.0 Å². The zero-order valence-corrected chi connectivity index (χ0v) is 20.6. The molecule has 2 heterocycles. The SMILES string of the molecule is O=c1c2c3c(sc2ncn1Cc1cccc(-c2ccccc2)c1)CC(NCc1cccc(F)c1)CC3. The third-order valence-electron chi connectivity index (χ3n) is 6.91. The Morgan fingerprint density at radius 2 is 1.78 bits per heavy atom. The average Bonchev–Trinajstić information content (AvgIpc) is 3.28. The standard InChI is InChI=1S/C30H26FN3OS/c31-24-11-5-6-20(15-24)17-32-25-12-13-26-27(16-25)36-29-28(26)30(35)34(19-33-29)18-21-7-4-10-23(14-21)22-8-2-1-3-9-22/h1-11,14-15,19,25,32H,12-13,16-18H2. The molecule has 1 aliphatic rings. The molecule has 1 aliphatic carbocycles. The van der Waals surface area contributed by atoms with Crippen molar-refractivity contribution >= 4 is 21.6 Å². The van der Waals surface area contributed by atoms with E-state index in [9.17, 15) is 9.18 Å². The minimum atomic E-state index is -0.209. The lowest BCUT2D eigenvalue weighted by atomic mass is 9.93. The lowest BCUT2D eigenvalue weighted by Crippen LogP contribution is -2.33. The molecule has 0 amide bonds. The number of nitrogens with one attached hydrogen (secondary N) is 1. The number of hydrogen-bond donors (Lipinski definition) is 1. The molecule has 1 N–H and O–H groups in total. The molecule has 0 saturated heterocycles. The Morgan fingerprint density at radius 1 is 0.972 bits per heavy atom. The second kappa shape index (κ2) is 9.80. The smallest absolute Gasteiger partial charge is 0.262 e. The molecule has 6 heteroatoms. The number of thiophene rings is 1. The minimum Gasteiger partial charge on any atom is -0.310 e. The predicted octanol–water partition coefficient (Wildman–Crippen LogP) is 5.96. The van der Waals surface area contributed by atoms with Crippen LogP contribution in [0.2, 0.25) is 0 Å². The van der Waals surface area contributed by atoms with E-state index in [0.29, 0.717) is 19.1 Å². The van der Waals surface area contributed by atoms with Gasteiger partial charge in [-0.15, -0.1) is 11.3 Å². The van der Waals surface area contributed by atoms with Gasteiger partial charge in [0.1, 0.15) is 10.6 Å². The van der Waals surface area contributed by atoms with Crippen LogP contribution in [0.3, 0.4) is 0 Å². The summed E-state index contributed by atoms with van der Waals surface area (Å²) in [7, 11) is 0. The molecule has 1 atom stereocenters. The van der Waals surface area contributed by atoms with E-state index in [2.05, 4.69) is 40.6 Å². The van der Waals surface area contributed by atoms with E-state index in [4.69, 9.17) is 0 Å². The highest BCUT2D eigenvalue weighted by Crippen LogP contribution is 2.34. The molecule has 5 aromatic rings. The minimum absolute atomic E-state index is 0.0359. The summed E-state index contributed by atoms with van der Waals surface area (Å²) < 4.78 is 15.2. The third-order valence-corrected chi connectivity index (χ3v) is 8.07. The van der Waals surface area contributed by atoms with Crippen LogP contribution >= 0.6 is 11.3 Å². The quantitative estimate of drug-likeness (QED) is 0.316. The molecule has 0 bridgehead atoms. The van der Waals surface area contributed by atoms with Crippen LogP contribution in [0.4, 0.5) is 4.39 Å². The van der Waals surface area contributed by atoms with Crippen molar-refractivity contribution in [3.05, 3.63) is 123 Å². The van der Waals surface area contributed by atoms with Crippen molar-refractivity contribution in [3.8, 4) is 11.1 Å². The second-order valence-corrected chi connectivity index (χ2v) is 10.5. The fraction of sp³-hybridized carbons (Fsp3) is 0.200. The van der Waals surface area contributed by atoms with Crippen molar-refractivity contribution in [1.82, 2.24) is 14.9 Å². The van der Waals surface area contributed by atoms with Crippen molar-refractivity contribution in [2.45, 2.75) is 38.4 Å². The number of hydrogen-bond acceptors (Lipinski definition) is 4. The topological polar surface area (TPSA) is 46.9 Å². The molecule has 36 heavy (non-hydrogen) atoms. The van der Waals surface area contributed by atoms with Crippen molar-refractivity contribution in [2.75, 3.05) is 0 Å². The van der Waals surface area contributed by atoms with Crippen LogP contribution in [0.5, 0.6) is 0 Å². The highest BCUT2D eigenvalue weighted by Gasteiger charge is 2.25. The molecule has 0 aliphatic heterocycles. The van der Waals surface area contributed by atoms with Crippen LogP contribution in [0.15, 0.2) is 90.0 Å². The molecule has 2 aromatic heterocycles. The highest BCUT2D eigenvalue weighted by molar-refractivity contribution is 7.18. The van der Waals surface area contributed by atoms with Gasteiger partial charge in [-0.2, -0.15) is 0 Å². The van der Waals surface area contributed by atoms with Gasteiger partial charge in [-0.05, 0) is 65.3 Å². The number of halogens is 1. The molecule has 6 rings (SSSR count). The van der Waals surface area contributed by atoms with E-state index in [-0.39, 0.29) is 11.4 Å². The van der Waals surface area contributed by atoms with Crippen LogP contribution in [-0.2, 0) is 25.9 Å². The van der Waals surface area contributed by atoms with Gasteiger partial charge in [-0.3, -0.25) is 9.36 Å². The van der Waals surface area contributed by atoms with Gasteiger partial charge in [-0.25, -0.2) is 9.37 Å². The van der Waals surface area contributed by atoms with E-state index in [1.807, 2.05) is 30.3 Å². The Hall–Kier alpha value is -3.61. The van der Waals surface area contributed by atoms with Gasteiger partial charge < -0.3 is 5.32 Å². The maximum Gasteiger partial charge on any atom is 0.262 e. The molecular weight excluding hydrogens is 469 g/mol. The second-order valence-electron chi connectivity index (χ2n) is 9.38. The first-order valence-electron chi connectivity index (χ1n) is 12.3. The lowest BCUT2D eigenvalue weighted by Gasteiger charge is -2.23. The van der Waals surface area contributed by atoms with Crippen molar-refractivity contribution in [3.63, 3.8) is 0 Å². The molecule has 0 saturated carbocycles. The fourth-order valence-corrected chi connectivity index (χ4v) is 6.33. The summed E-state index contributed by atoms with van der Waals surface area (Å²) in [6.07, 6.45) is 4.34. The van der Waals surface area contributed by atoms with Gasteiger partial charge >= 0.3 is 0 Å². The van der Waals surface area contributed by atoms with Gasteiger partial charge in [0, 0.05) is 17.5 Å². The summed E-state index contributed by atoms with van der Waals surface area (Å²) in [4.78, 5) is 20.3. The number of nitrogens with zero attached hydrogens (tertiary/aromatic N) is 2. The molecule has 0 fully saturated rings. The van der Waals surface area contributed by atoms with Crippen LogP contribution in [0, 0.1) is 5.82 Å². The number of fused-ring (bicyclic) bond motifs is 3. The molecule has 180 valence electrons. The van der Waals surface area contributed by atoms with Gasteiger partial charge in [-0.1, -0.05) is 60.7 Å². The first-order valence-corrected chi connectivity index (χ1v) is 13.1. The van der Waals surface area contributed by atoms with Crippen LogP contribution in [-0.4, -0.2) is 15.6 Å². The number of aromatic nitrogens is 2. The van der Waals surface area contributed by atoms with Crippen LogP contribution < -0.4 is 10.9 Å². The Balaban J connectivity index is 1.22. The largest absolute Gasteiger partial charge is 0.310 e. The maximum atomic E-state index is 13.5. The van der Waals surface area contributed by atoms with Gasteiger partial charge in [0.15, 0.2) is 0 Å². The maximum absolute atomic E-state index is 13.5. The first kappa shape index (κ1) is 22.8. The molecular formula is C30H26FN3OS. The summed E-state index contributed by atoms with van der Waals surface area (Å²) in [5.74, 6) is -0.209. The molecule has 3 aromatic carbocycles. The van der Waals surface area contributed by atoms with Crippen molar-refractivity contribution < 1.29 is 4.39 Å². The summed E-state index contributed by atoms with van der Waals surface area (Å²) in [6, 6.07) is 25.6. The molecule has 4 nitrogen and oxygen atoms in total. The Bertz CT molecular complexity index is 1590. The van der Waals surface area contributed by atoms with Crippen molar-refractivity contribution in [2.24, 2.45) is 0 Å². The zero-order valence-electron chi connectivity index (χ0n) is 19.8. The van der Waals surface area contributed by atoms with E-state index in [1.54, 1.807) is 34.4 Å². The monoisotopic (exact) mass is 495 g/mol. The summed E-state index contributed by atoms with van der Waals surface area (Å²) in [5.41, 5.74) is 5.51.